The summed E-state index contributed by atoms with van der Waals surface area (Å²) in [6.07, 6.45) is 3.17. The van der Waals surface area contributed by atoms with E-state index in [1.165, 1.54) is 10.6 Å². The van der Waals surface area contributed by atoms with Crippen molar-refractivity contribution < 1.29 is 17.8 Å². The molecule has 2 N–H and O–H groups in total. The molecule has 1 fully saturated rings. The molecule has 0 spiro atoms. The highest BCUT2D eigenvalue weighted by Crippen LogP contribution is 2.25. The Morgan fingerprint density at radius 2 is 2.00 bits per heavy atom. The van der Waals surface area contributed by atoms with E-state index in [4.69, 9.17) is 14.9 Å². The molecule has 0 saturated carbocycles. The Morgan fingerprint density at radius 3 is 2.71 bits per heavy atom. The van der Waals surface area contributed by atoms with Gasteiger partial charge in [-0.05, 0) is 24.3 Å². The van der Waals surface area contributed by atoms with E-state index in [-0.39, 0.29) is 11.8 Å². The molecular weight excluding hydrogens is 513 g/mol. The van der Waals surface area contributed by atoms with Crippen LogP contribution in [0.1, 0.15) is 0 Å². The van der Waals surface area contributed by atoms with Crippen molar-refractivity contribution in [1.82, 2.24) is 29.5 Å². The van der Waals surface area contributed by atoms with E-state index < -0.39 is 10.8 Å². The average Bonchev–Trinajstić information content (AvgIpc) is 3.58. The van der Waals surface area contributed by atoms with E-state index in [2.05, 4.69) is 25.0 Å². The molecule has 0 bridgehead atoms. The molecule has 0 amide bonds. The van der Waals surface area contributed by atoms with Gasteiger partial charge in [0, 0.05) is 69.4 Å². The van der Waals surface area contributed by atoms with Crippen LogP contribution in [0, 0.1) is 5.82 Å². The number of halogens is 1. The predicted molar refractivity (Wildman–Crippen MR) is 143 cm³/mol. The molecule has 0 radical (unpaired) electrons. The third-order valence-electron chi connectivity index (χ3n) is 6.33. The Labute approximate surface area is 221 Å². The molecule has 4 heterocycles. The Hall–Kier alpha value is -3.78. The van der Waals surface area contributed by atoms with Crippen LogP contribution in [0.2, 0.25) is 0 Å². The first-order chi connectivity index (χ1) is 18.4. The highest BCUT2D eigenvalue weighted by atomic mass is 32.2. The molecule has 12 nitrogen and oxygen atoms in total. The molecule has 0 aliphatic carbocycles. The number of piperazine rings is 1. The Morgan fingerprint density at radius 1 is 1.18 bits per heavy atom. The number of ether oxygens (including phenoxy) is 1. The summed E-state index contributed by atoms with van der Waals surface area (Å²) in [4.78, 5) is 19.6. The zero-order valence-electron chi connectivity index (χ0n) is 21.3. The average molecular weight is 544 g/mol. The van der Waals surface area contributed by atoms with Gasteiger partial charge in [0.05, 0.1) is 24.3 Å². The predicted octanol–water partition coefficient (Wildman–Crippen LogP) is 1.52. The number of benzene rings is 1. The van der Waals surface area contributed by atoms with Crippen LogP contribution in [0.4, 0.5) is 22.0 Å². The van der Waals surface area contributed by atoms with Crippen molar-refractivity contribution in [3.05, 3.63) is 42.4 Å². The molecule has 0 unspecified atom stereocenters. The van der Waals surface area contributed by atoms with Crippen LogP contribution in [0.25, 0.3) is 17.4 Å². The molecular formula is C24H30FN9O3S. The molecule has 5 rings (SSSR count). The smallest absolute Gasteiger partial charge is 0.259 e. The summed E-state index contributed by atoms with van der Waals surface area (Å²) in [6, 6.07) is 8.43. The maximum Gasteiger partial charge on any atom is 0.259 e. The summed E-state index contributed by atoms with van der Waals surface area (Å²) >= 11 is 0. The van der Waals surface area contributed by atoms with Crippen molar-refractivity contribution in [2.75, 3.05) is 80.5 Å². The van der Waals surface area contributed by atoms with Gasteiger partial charge in [0.25, 0.3) is 5.78 Å². The lowest BCUT2D eigenvalue weighted by molar-refractivity contribution is 0.262. The van der Waals surface area contributed by atoms with Crippen molar-refractivity contribution in [3.63, 3.8) is 0 Å². The standard InChI is InChI=1S/C24H30FN9O3S/c1-31(23-28-22(26)34-24(29-23)27-21(30-34)20-4-3-13-37-20)7-8-32-9-11-33(12-10-32)19-6-5-17(16-18(19)25)36-14-15-38(2)35/h3-6,13,16H,7-12,14-15H2,1-2H3,(H2,26,27,28,29,30)/t38-/m1/s1. The van der Waals surface area contributed by atoms with Crippen molar-refractivity contribution in [2.45, 2.75) is 0 Å². The quantitative estimate of drug-likeness (QED) is 0.312. The molecule has 1 aliphatic heterocycles. The molecule has 3 aromatic heterocycles. The molecule has 38 heavy (non-hydrogen) atoms. The highest BCUT2D eigenvalue weighted by Gasteiger charge is 2.21. The van der Waals surface area contributed by atoms with Crippen LogP contribution in [0.3, 0.4) is 0 Å². The number of aromatic nitrogens is 5. The summed E-state index contributed by atoms with van der Waals surface area (Å²) in [5.41, 5.74) is 6.68. The number of fused-ring (bicyclic) bond motifs is 1. The van der Waals surface area contributed by atoms with E-state index in [1.54, 1.807) is 36.8 Å². The normalized spacial score (nSPS) is 15.2. The van der Waals surface area contributed by atoms with E-state index in [9.17, 15) is 8.60 Å². The van der Waals surface area contributed by atoms with E-state index in [0.29, 0.717) is 66.7 Å². The van der Waals surface area contributed by atoms with E-state index in [0.717, 1.165) is 19.6 Å². The van der Waals surface area contributed by atoms with Crippen LogP contribution in [-0.2, 0) is 10.8 Å². The maximum absolute atomic E-state index is 14.7. The number of nitrogens with two attached hydrogens (primary N) is 1. The second-order valence-corrected chi connectivity index (χ2v) is 10.6. The Kier molecular flexibility index (Phi) is 7.69. The SMILES string of the molecule is CN(CCN1CCN(c2ccc(OCC[S@@](C)=O)cc2F)CC1)c1nc(N)n2nc(-c3ccco3)nc2n1. The van der Waals surface area contributed by atoms with Gasteiger partial charge in [0.2, 0.25) is 17.7 Å². The number of furan rings is 1. The van der Waals surface area contributed by atoms with E-state index in [1.807, 2.05) is 16.8 Å². The van der Waals surface area contributed by atoms with Crippen LogP contribution in [-0.4, -0.2) is 98.6 Å². The Bertz CT molecular complexity index is 1410. The molecule has 1 aliphatic rings. The minimum Gasteiger partial charge on any atom is -0.493 e. The second kappa shape index (κ2) is 11.3. The van der Waals surface area contributed by atoms with Crippen LogP contribution in [0.15, 0.2) is 41.0 Å². The summed E-state index contributed by atoms with van der Waals surface area (Å²) in [5, 5.41) is 4.32. The molecule has 4 aromatic rings. The minimum absolute atomic E-state index is 0.189. The second-order valence-electron chi connectivity index (χ2n) is 9.00. The zero-order chi connectivity index (χ0) is 26.6. The van der Waals surface area contributed by atoms with Gasteiger partial charge in [-0.2, -0.15) is 19.5 Å². The molecule has 202 valence electrons. The Balaban J connectivity index is 1.14. The number of hydrogen-bond donors (Lipinski definition) is 1. The summed E-state index contributed by atoms with van der Waals surface area (Å²) in [7, 11) is 0.965. The van der Waals surface area contributed by atoms with Gasteiger partial charge >= 0.3 is 0 Å². The minimum atomic E-state index is -0.940. The van der Waals surface area contributed by atoms with Gasteiger partial charge < -0.3 is 24.7 Å². The van der Waals surface area contributed by atoms with Gasteiger partial charge in [-0.15, -0.1) is 5.10 Å². The van der Waals surface area contributed by atoms with Crippen LogP contribution >= 0.6 is 0 Å². The first kappa shape index (κ1) is 25.9. The third-order valence-corrected chi connectivity index (χ3v) is 7.07. The molecule has 1 saturated heterocycles. The number of nitrogen functional groups attached to an aromatic ring is 1. The number of anilines is 3. The third kappa shape index (κ3) is 5.86. The number of rotatable bonds is 10. The van der Waals surface area contributed by atoms with Gasteiger partial charge in [0.15, 0.2) is 5.76 Å². The van der Waals surface area contributed by atoms with Crippen LogP contribution in [0.5, 0.6) is 5.75 Å². The van der Waals surface area contributed by atoms with Crippen LogP contribution < -0.4 is 20.3 Å². The molecule has 1 aromatic carbocycles. The van der Waals surface area contributed by atoms with Crippen molar-refractivity contribution >= 4 is 34.2 Å². The van der Waals surface area contributed by atoms with Gasteiger partial charge in [-0.3, -0.25) is 9.11 Å². The van der Waals surface area contributed by atoms with Gasteiger partial charge in [-0.1, -0.05) is 0 Å². The highest BCUT2D eigenvalue weighted by molar-refractivity contribution is 7.84. The lowest BCUT2D eigenvalue weighted by Gasteiger charge is -2.36. The van der Waals surface area contributed by atoms with Crippen molar-refractivity contribution in [3.8, 4) is 17.3 Å². The maximum atomic E-state index is 14.7. The van der Waals surface area contributed by atoms with Gasteiger partial charge in [0.1, 0.15) is 11.6 Å². The fraction of sp³-hybridized carbons (Fsp3) is 0.417. The summed E-state index contributed by atoms with van der Waals surface area (Å²) in [5.74, 6) is 2.46. The van der Waals surface area contributed by atoms with E-state index >= 15 is 0 Å². The number of hydrogen-bond acceptors (Lipinski definition) is 11. The first-order valence-electron chi connectivity index (χ1n) is 12.2. The largest absolute Gasteiger partial charge is 0.493 e. The lowest BCUT2D eigenvalue weighted by atomic mass is 10.2. The zero-order valence-corrected chi connectivity index (χ0v) is 22.1. The number of nitrogens with zero attached hydrogens (tertiary/aromatic N) is 8. The lowest BCUT2D eigenvalue weighted by Crippen LogP contribution is -2.48. The van der Waals surface area contributed by atoms with Crippen molar-refractivity contribution in [2.24, 2.45) is 0 Å². The van der Waals surface area contributed by atoms with Gasteiger partial charge in [-0.25, -0.2) is 4.39 Å². The summed E-state index contributed by atoms with van der Waals surface area (Å²) in [6.45, 7) is 4.78. The van der Waals surface area contributed by atoms with Crippen molar-refractivity contribution in [1.29, 1.82) is 0 Å². The topological polar surface area (TPSA) is 131 Å². The molecule has 1 atom stereocenters. The molecule has 14 heteroatoms. The fourth-order valence-corrected chi connectivity index (χ4v) is 4.51. The fourth-order valence-electron chi connectivity index (χ4n) is 4.19. The monoisotopic (exact) mass is 543 g/mol. The number of likely N-dealkylation sites (N-methyl/N-ethyl adjacent to an activating group) is 1. The summed E-state index contributed by atoms with van der Waals surface area (Å²) < 4.78 is 38.2. The first-order valence-corrected chi connectivity index (χ1v) is 13.9.